The molecule has 0 aromatic rings. The SMILES string of the molecule is C=C1C(C)=CC=C2CCCCN12. The van der Waals surface area contributed by atoms with Gasteiger partial charge in [0, 0.05) is 17.9 Å². The van der Waals surface area contributed by atoms with Crippen LogP contribution in [0.25, 0.3) is 0 Å². The highest BCUT2D eigenvalue weighted by Gasteiger charge is 2.19. The van der Waals surface area contributed by atoms with Crippen LogP contribution < -0.4 is 0 Å². The third-order valence-corrected chi connectivity index (χ3v) is 2.72. The monoisotopic (exact) mass is 161 g/mol. The van der Waals surface area contributed by atoms with Crippen molar-refractivity contribution in [1.29, 1.82) is 0 Å². The predicted molar refractivity (Wildman–Crippen MR) is 51.5 cm³/mol. The molecule has 1 nitrogen and oxygen atoms in total. The molecule has 2 rings (SSSR count). The average Bonchev–Trinajstić information content (AvgIpc) is 2.12. The van der Waals surface area contributed by atoms with E-state index in [1.807, 2.05) is 0 Å². The maximum atomic E-state index is 4.10. The largest absolute Gasteiger partial charge is 0.345 e. The van der Waals surface area contributed by atoms with E-state index in [1.54, 1.807) is 0 Å². The molecule has 0 radical (unpaired) electrons. The van der Waals surface area contributed by atoms with Crippen molar-refractivity contribution in [2.45, 2.75) is 26.2 Å². The third kappa shape index (κ3) is 1.09. The lowest BCUT2D eigenvalue weighted by Crippen LogP contribution is -2.28. The maximum Gasteiger partial charge on any atom is 0.0364 e. The van der Waals surface area contributed by atoms with Gasteiger partial charge in [-0.25, -0.2) is 0 Å². The lowest BCUT2D eigenvalue weighted by atomic mass is 10.0. The second-order valence-corrected chi connectivity index (χ2v) is 3.56. The first-order chi connectivity index (χ1) is 5.79. The number of fused-ring (bicyclic) bond motifs is 1. The van der Waals surface area contributed by atoms with Crippen LogP contribution >= 0.6 is 0 Å². The smallest absolute Gasteiger partial charge is 0.0364 e. The molecule has 0 spiro atoms. The lowest BCUT2D eigenvalue weighted by molar-refractivity contribution is 0.355. The van der Waals surface area contributed by atoms with Crippen molar-refractivity contribution in [2.75, 3.05) is 6.54 Å². The van der Waals surface area contributed by atoms with Crippen LogP contribution in [-0.4, -0.2) is 11.4 Å². The molecule has 1 fully saturated rings. The Balaban J connectivity index is 2.30. The molecular weight excluding hydrogens is 146 g/mol. The Kier molecular flexibility index (Phi) is 1.80. The van der Waals surface area contributed by atoms with E-state index in [4.69, 9.17) is 0 Å². The van der Waals surface area contributed by atoms with E-state index in [9.17, 15) is 0 Å². The Labute approximate surface area is 74.1 Å². The van der Waals surface area contributed by atoms with E-state index in [0.29, 0.717) is 0 Å². The van der Waals surface area contributed by atoms with Crippen molar-refractivity contribution in [1.82, 2.24) is 4.90 Å². The van der Waals surface area contributed by atoms with Crippen LogP contribution in [0.4, 0.5) is 0 Å². The topological polar surface area (TPSA) is 3.24 Å². The molecule has 0 atom stereocenters. The Morgan fingerprint density at radius 2 is 2.17 bits per heavy atom. The van der Waals surface area contributed by atoms with Crippen LogP contribution in [0.15, 0.2) is 35.7 Å². The number of nitrogens with zero attached hydrogens (tertiary/aromatic N) is 1. The summed E-state index contributed by atoms with van der Waals surface area (Å²) in [6.07, 6.45) is 8.29. The van der Waals surface area contributed by atoms with Crippen molar-refractivity contribution in [3.8, 4) is 0 Å². The van der Waals surface area contributed by atoms with Gasteiger partial charge >= 0.3 is 0 Å². The molecule has 12 heavy (non-hydrogen) atoms. The van der Waals surface area contributed by atoms with Gasteiger partial charge in [0.15, 0.2) is 0 Å². The van der Waals surface area contributed by atoms with Gasteiger partial charge in [-0.15, -0.1) is 0 Å². The minimum Gasteiger partial charge on any atom is -0.345 e. The number of rotatable bonds is 0. The Morgan fingerprint density at radius 1 is 1.33 bits per heavy atom. The average molecular weight is 161 g/mol. The van der Waals surface area contributed by atoms with E-state index in [2.05, 4.69) is 30.6 Å². The first-order valence-electron chi connectivity index (χ1n) is 4.63. The lowest BCUT2D eigenvalue weighted by Gasteiger charge is -2.35. The molecule has 0 aromatic carbocycles. The fourth-order valence-electron chi connectivity index (χ4n) is 1.87. The van der Waals surface area contributed by atoms with Crippen molar-refractivity contribution < 1.29 is 0 Å². The minimum absolute atomic E-state index is 1.16. The van der Waals surface area contributed by atoms with E-state index in [-0.39, 0.29) is 0 Å². The second-order valence-electron chi connectivity index (χ2n) is 3.56. The molecule has 0 aromatic heterocycles. The summed E-state index contributed by atoms with van der Waals surface area (Å²) in [4.78, 5) is 2.36. The summed E-state index contributed by atoms with van der Waals surface area (Å²) in [7, 11) is 0. The molecule has 2 heterocycles. The Hall–Kier alpha value is -0.980. The van der Waals surface area contributed by atoms with Crippen LogP contribution in [0, 0.1) is 0 Å². The fraction of sp³-hybridized carbons (Fsp3) is 0.455. The molecule has 0 saturated carbocycles. The molecule has 1 heteroatoms. The highest BCUT2D eigenvalue weighted by molar-refractivity contribution is 5.38. The maximum absolute atomic E-state index is 4.10. The van der Waals surface area contributed by atoms with Gasteiger partial charge in [-0.05, 0) is 37.8 Å². The molecule has 0 bridgehead atoms. The van der Waals surface area contributed by atoms with Gasteiger partial charge < -0.3 is 4.90 Å². The summed E-state index contributed by atoms with van der Waals surface area (Å²) >= 11 is 0. The predicted octanol–water partition coefficient (Wildman–Crippen LogP) is 2.83. The van der Waals surface area contributed by atoms with Crippen LogP contribution in [0.2, 0.25) is 0 Å². The minimum atomic E-state index is 1.16. The van der Waals surface area contributed by atoms with Gasteiger partial charge in [0.25, 0.3) is 0 Å². The highest BCUT2D eigenvalue weighted by atomic mass is 15.2. The van der Waals surface area contributed by atoms with E-state index in [0.717, 1.165) is 6.54 Å². The quantitative estimate of drug-likeness (QED) is 0.528. The van der Waals surface area contributed by atoms with Gasteiger partial charge in [0.2, 0.25) is 0 Å². The standard InChI is InChI=1S/C11H15N/c1-9-6-7-11-5-3-4-8-12(11)10(9)2/h6-7H,2-5,8H2,1H3. The van der Waals surface area contributed by atoms with Crippen molar-refractivity contribution in [3.05, 3.63) is 35.7 Å². The molecule has 1 saturated heterocycles. The van der Waals surface area contributed by atoms with Gasteiger partial charge in [-0.1, -0.05) is 12.7 Å². The zero-order chi connectivity index (χ0) is 8.55. The molecule has 2 aliphatic rings. The molecular formula is C11H15N. The molecule has 0 N–H and O–H groups in total. The van der Waals surface area contributed by atoms with Crippen molar-refractivity contribution in [2.24, 2.45) is 0 Å². The molecule has 0 aliphatic carbocycles. The number of piperidine rings is 1. The summed E-state index contributed by atoms with van der Waals surface area (Å²) in [5.74, 6) is 0. The van der Waals surface area contributed by atoms with Gasteiger partial charge in [-0.2, -0.15) is 0 Å². The Morgan fingerprint density at radius 3 is 3.00 bits per heavy atom. The van der Waals surface area contributed by atoms with E-state index >= 15 is 0 Å². The normalized spacial score (nSPS) is 23.1. The van der Waals surface area contributed by atoms with E-state index in [1.165, 1.54) is 36.2 Å². The molecule has 2 aliphatic heterocycles. The summed E-state index contributed by atoms with van der Waals surface area (Å²) in [5.41, 5.74) is 3.96. The summed E-state index contributed by atoms with van der Waals surface area (Å²) < 4.78 is 0. The number of hydrogen-bond donors (Lipinski definition) is 0. The summed E-state index contributed by atoms with van der Waals surface area (Å²) in [5, 5.41) is 0. The summed E-state index contributed by atoms with van der Waals surface area (Å²) in [6.45, 7) is 7.39. The van der Waals surface area contributed by atoms with Crippen LogP contribution in [0.1, 0.15) is 26.2 Å². The molecule has 0 amide bonds. The van der Waals surface area contributed by atoms with Crippen LogP contribution in [0.5, 0.6) is 0 Å². The highest BCUT2D eigenvalue weighted by Crippen LogP contribution is 2.30. The first-order valence-corrected chi connectivity index (χ1v) is 4.63. The number of allylic oxidation sites excluding steroid dienone is 4. The zero-order valence-electron chi connectivity index (χ0n) is 7.64. The van der Waals surface area contributed by atoms with Crippen LogP contribution in [-0.2, 0) is 0 Å². The van der Waals surface area contributed by atoms with Crippen LogP contribution in [0.3, 0.4) is 0 Å². The van der Waals surface area contributed by atoms with Gasteiger partial charge in [0.1, 0.15) is 0 Å². The molecule has 64 valence electrons. The van der Waals surface area contributed by atoms with Gasteiger partial charge in [-0.3, -0.25) is 0 Å². The van der Waals surface area contributed by atoms with E-state index < -0.39 is 0 Å². The van der Waals surface area contributed by atoms with Crippen molar-refractivity contribution >= 4 is 0 Å². The molecule has 0 unspecified atom stereocenters. The first kappa shape index (κ1) is 7.66. The second kappa shape index (κ2) is 2.81. The number of hydrogen-bond acceptors (Lipinski definition) is 1. The van der Waals surface area contributed by atoms with Gasteiger partial charge in [0.05, 0.1) is 0 Å². The fourth-order valence-corrected chi connectivity index (χ4v) is 1.87. The van der Waals surface area contributed by atoms with Crippen molar-refractivity contribution in [3.63, 3.8) is 0 Å². The Bertz CT molecular complexity index is 271. The third-order valence-electron chi connectivity index (χ3n) is 2.72. The summed E-state index contributed by atoms with van der Waals surface area (Å²) in [6, 6.07) is 0. The zero-order valence-corrected chi connectivity index (χ0v) is 7.64.